The average molecular weight is 286 g/mol. The topological polar surface area (TPSA) is 29.5 Å². The molecule has 2 fully saturated rings. The van der Waals surface area contributed by atoms with Crippen molar-refractivity contribution in [1.29, 1.82) is 0 Å². The standard InChI is InChI=1S/C19H26O2/c1-19-10-9-15-14-6-4-13(21-2)11-12(14)3-5-16(15)17(19)7-8-18(19)20/h4,6,11,15-18,20H,3,5,7-10H2,1-2H3/t15-,16+,17+,18-,19-/m1/s1. The molecule has 0 amide bonds. The molecule has 0 saturated heterocycles. The van der Waals surface area contributed by atoms with Crippen molar-refractivity contribution in [3.05, 3.63) is 29.3 Å². The molecule has 0 heterocycles. The largest absolute Gasteiger partial charge is 0.497 e. The fraction of sp³-hybridized carbons (Fsp3) is 0.684. The van der Waals surface area contributed by atoms with Gasteiger partial charge in [-0.1, -0.05) is 13.0 Å². The van der Waals surface area contributed by atoms with Crippen molar-refractivity contribution in [1.82, 2.24) is 0 Å². The minimum absolute atomic E-state index is 0.0688. The van der Waals surface area contributed by atoms with Gasteiger partial charge in [-0.25, -0.2) is 0 Å². The van der Waals surface area contributed by atoms with E-state index in [9.17, 15) is 5.11 Å². The molecule has 2 saturated carbocycles. The van der Waals surface area contributed by atoms with Gasteiger partial charge in [-0.2, -0.15) is 0 Å². The molecule has 0 bridgehead atoms. The number of benzene rings is 1. The average Bonchev–Trinajstić information content (AvgIpc) is 2.82. The molecule has 0 aliphatic heterocycles. The van der Waals surface area contributed by atoms with Gasteiger partial charge in [0.15, 0.2) is 0 Å². The van der Waals surface area contributed by atoms with E-state index < -0.39 is 0 Å². The summed E-state index contributed by atoms with van der Waals surface area (Å²) in [4.78, 5) is 0. The summed E-state index contributed by atoms with van der Waals surface area (Å²) in [6.07, 6.45) is 7.07. The molecule has 1 N–H and O–H groups in total. The Bertz CT molecular complexity index is 552. The summed E-state index contributed by atoms with van der Waals surface area (Å²) in [6, 6.07) is 6.67. The molecule has 5 atom stereocenters. The molecule has 0 aromatic heterocycles. The fourth-order valence-corrected chi connectivity index (χ4v) is 5.66. The van der Waals surface area contributed by atoms with Crippen LogP contribution in [0.2, 0.25) is 0 Å². The molecule has 4 rings (SSSR count). The van der Waals surface area contributed by atoms with Crippen molar-refractivity contribution in [3.63, 3.8) is 0 Å². The second-order valence-corrected chi connectivity index (χ2v) is 7.62. The van der Waals surface area contributed by atoms with Gasteiger partial charge in [-0.05, 0) is 85.0 Å². The summed E-state index contributed by atoms with van der Waals surface area (Å²) >= 11 is 0. The lowest BCUT2D eigenvalue weighted by molar-refractivity contribution is -0.0226. The van der Waals surface area contributed by atoms with Crippen molar-refractivity contribution in [2.75, 3.05) is 7.11 Å². The van der Waals surface area contributed by atoms with Gasteiger partial charge in [0.2, 0.25) is 0 Å². The predicted molar refractivity (Wildman–Crippen MR) is 83.6 cm³/mol. The van der Waals surface area contributed by atoms with E-state index in [1.165, 1.54) is 37.7 Å². The minimum atomic E-state index is -0.0688. The summed E-state index contributed by atoms with van der Waals surface area (Å²) in [6.45, 7) is 2.34. The van der Waals surface area contributed by atoms with Crippen molar-refractivity contribution in [2.24, 2.45) is 17.3 Å². The number of methoxy groups -OCH3 is 1. The maximum Gasteiger partial charge on any atom is 0.119 e. The third-order valence-electron chi connectivity index (χ3n) is 6.88. The number of rotatable bonds is 1. The lowest BCUT2D eigenvalue weighted by atomic mass is 9.55. The molecule has 114 valence electrons. The van der Waals surface area contributed by atoms with E-state index in [4.69, 9.17) is 4.74 Å². The normalized spacial score (nSPS) is 41.1. The van der Waals surface area contributed by atoms with E-state index >= 15 is 0 Å². The highest BCUT2D eigenvalue weighted by Crippen LogP contribution is 2.60. The van der Waals surface area contributed by atoms with E-state index in [-0.39, 0.29) is 11.5 Å². The van der Waals surface area contributed by atoms with Crippen LogP contribution in [0.1, 0.15) is 56.1 Å². The van der Waals surface area contributed by atoms with E-state index in [2.05, 4.69) is 25.1 Å². The molecule has 0 unspecified atom stereocenters. The first kappa shape index (κ1) is 13.6. The van der Waals surface area contributed by atoms with E-state index in [0.29, 0.717) is 5.92 Å². The van der Waals surface area contributed by atoms with Crippen LogP contribution in [0.4, 0.5) is 0 Å². The zero-order valence-electron chi connectivity index (χ0n) is 13.1. The van der Waals surface area contributed by atoms with E-state index in [1.807, 2.05) is 0 Å². The van der Waals surface area contributed by atoms with Crippen LogP contribution < -0.4 is 4.74 Å². The van der Waals surface area contributed by atoms with E-state index in [0.717, 1.165) is 24.0 Å². The highest BCUT2D eigenvalue weighted by molar-refractivity contribution is 5.40. The lowest BCUT2D eigenvalue weighted by Crippen LogP contribution is -2.43. The number of hydrogen-bond acceptors (Lipinski definition) is 2. The Morgan fingerprint density at radius 1 is 1.19 bits per heavy atom. The summed E-state index contributed by atoms with van der Waals surface area (Å²) in [5.41, 5.74) is 3.25. The first-order valence-electron chi connectivity index (χ1n) is 8.48. The van der Waals surface area contributed by atoms with Gasteiger partial charge >= 0.3 is 0 Å². The van der Waals surface area contributed by atoms with Crippen molar-refractivity contribution >= 4 is 0 Å². The Morgan fingerprint density at radius 2 is 2.05 bits per heavy atom. The Morgan fingerprint density at radius 3 is 2.86 bits per heavy atom. The van der Waals surface area contributed by atoms with Crippen LogP contribution in [0.5, 0.6) is 5.75 Å². The summed E-state index contributed by atoms with van der Waals surface area (Å²) in [5, 5.41) is 10.4. The number of aryl methyl sites for hydroxylation is 1. The highest BCUT2D eigenvalue weighted by Gasteiger charge is 2.54. The molecule has 1 aromatic rings. The Balaban J connectivity index is 1.68. The lowest BCUT2D eigenvalue weighted by Gasteiger charge is -2.50. The number of ether oxygens (including phenoxy) is 1. The molecule has 0 radical (unpaired) electrons. The zero-order valence-corrected chi connectivity index (χ0v) is 13.1. The Hall–Kier alpha value is -1.02. The van der Waals surface area contributed by atoms with Crippen LogP contribution in [0.3, 0.4) is 0 Å². The summed E-state index contributed by atoms with van der Waals surface area (Å²) in [7, 11) is 1.75. The smallest absolute Gasteiger partial charge is 0.119 e. The molecular weight excluding hydrogens is 260 g/mol. The second kappa shape index (κ2) is 4.74. The minimum Gasteiger partial charge on any atom is -0.497 e. The second-order valence-electron chi connectivity index (χ2n) is 7.62. The molecule has 3 aliphatic rings. The van der Waals surface area contributed by atoms with Gasteiger partial charge in [0, 0.05) is 0 Å². The summed E-state index contributed by atoms with van der Waals surface area (Å²) in [5.74, 6) is 3.20. The van der Waals surface area contributed by atoms with Crippen LogP contribution in [0.25, 0.3) is 0 Å². The number of aliphatic hydroxyl groups is 1. The predicted octanol–water partition coefficient (Wildman–Crippen LogP) is 3.91. The molecular formula is C19H26O2. The first-order valence-corrected chi connectivity index (χ1v) is 8.48. The zero-order chi connectivity index (χ0) is 14.6. The van der Waals surface area contributed by atoms with Crippen molar-refractivity contribution in [3.8, 4) is 5.75 Å². The number of aliphatic hydroxyl groups excluding tert-OH is 1. The molecule has 0 spiro atoms. The van der Waals surface area contributed by atoms with Crippen LogP contribution in [-0.4, -0.2) is 18.3 Å². The van der Waals surface area contributed by atoms with Crippen LogP contribution in [-0.2, 0) is 6.42 Å². The van der Waals surface area contributed by atoms with Crippen LogP contribution >= 0.6 is 0 Å². The maximum absolute atomic E-state index is 10.4. The van der Waals surface area contributed by atoms with Gasteiger partial charge in [0.1, 0.15) is 5.75 Å². The number of fused-ring (bicyclic) bond motifs is 5. The third-order valence-corrected chi connectivity index (χ3v) is 6.88. The van der Waals surface area contributed by atoms with Gasteiger partial charge in [0.05, 0.1) is 13.2 Å². The Kier molecular flexibility index (Phi) is 3.08. The van der Waals surface area contributed by atoms with E-state index in [1.54, 1.807) is 12.7 Å². The number of hydrogen-bond donors (Lipinski definition) is 1. The van der Waals surface area contributed by atoms with Gasteiger partial charge in [-0.3, -0.25) is 0 Å². The summed E-state index contributed by atoms with van der Waals surface area (Å²) < 4.78 is 5.38. The highest BCUT2D eigenvalue weighted by atomic mass is 16.5. The first-order chi connectivity index (χ1) is 10.1. The van der Waals surface area contributed by atoms with Crippen LogP contribution in [0, 0.1) is 17.3 Å². The molecule has 21 heavy (non-hydrogen) atoms. The van der Waals surface area contributed by atoms with Crippen LogP contribution in [0.15, 0.2) is 18.2 Å². The van der Waals surface area contributed by atoms with Gasteiger partial charge in [0.25, 0.3) is 0 Å². The van der Waals surface area contributed by atoms with Gasteiger partial charge in [-0.15, -0.1) is 0 Å². The fourth-order valence-electron chi connectivity index (χ4n) is 5.66. The molecule has 2 nitrogen and oxygen atoms in total. The molecule has 2 heteroatoms. The molecule has 1 aromatic carbocycles. The van der Waals surface area contributed by atoms with Gasteiger partial charge < -0.3 is 9.84 Å². The third kappa shape index (κ3) is 1.88. The monoisotopic (exact) mass is 286 g/mol. The van der Waals surface area contributed by atoms with Crippen molar-refractivity contribution in [2.45, 2.75) is 57.5 Å². The quantitative estimate of drug-likeness (QED) is 0.848. The maximum atomic E-state index is 10.4. The Labute approximate surface area is 127 Å². The van der Waals surface area contributed by atoms with Crippen molar-refractivity contribution < 1.29 is 9.84 Å². The molecule has 3 aliphatic carbocycles. The SMILES string of the molecule is COc1ccc2c(c1)CC[C@H]1[C@@H]2CC[C@@]2(C)[C@H](O)CC[C@@H]12.